The lowest BCUT2D eigenvalue weighted by atomic mass is 9.98. The first-order valence-corrected chi connectivity index (χ1v) is 11.7. The molecule has 1 aliphatic heterocycles. The summed E-state index contributed by atoms with van der Waals surface area (Å²) in [5.41, 5.74) is 7.05. The van der Waals surface area contributed by atoms with Gasteiger partial charge in [0.05, 0.1) is 12.0 Å². The third kappa shape index (κ3) is 4.80. The highest BCUT2D eigenvalue weighted by molar-refractivity contribution is 7.93. The van der Waals surface area contributed by atoms with Crippen LogP contribution in [0.3, 0.4) is 0 Å². The summed E-state index contributed by atoms with van der Waals surface area (Å²) in [4.78, 5) is 24.5. The number of primary amides is 1. The van der Waals surface area contributed by atoms with Crippen molar-refractivity contribution in [3.63, 3.8) is 0 Å². The van der Waals surface area contributed by atoms with Gasteiger partial charge >= 0.3 is 0 Å². The zero-order valence-corrected chi connectivity index (χ0v) is 18.3. The zero-order valence-electron chi connectivity index (χ0n) is 17.5. The van der Waals surface area contributed by atoms with Gasteiger partial charge in [0, 0.05) is 25.2 Å². The molecule has 1 saturated heterocycles. The normalized spacial score (nSPS) is 15.9. The fourth-order valence-electron chi connectivity index (χ4n) is 3.78. The average Bonchev–Trinajstić information content (AvgIpc) is 2.79. The highest BCUT2D eigenvalue weighted by Crippen LogP contribution is 2.35. The lowest BCUT2D eigenvalue weighted by molar-refractivity contribution is -0.122. The van der Waals surface area contributed by atoms with Crippen LogP contribution in [0.4, 0.5) is 0 Å². The molecular formula is C23H27NO6S. The molecular weight excluding hydrogens is 418 g/mol. The Bertz CT molecular complexity index is 1020. The van der Waals surface area contributed by atoms with E-state index in [1.165, 1.54) is 12.1 Å². The summed E-state index contributed by atoms with van der Waals surface area (Å²) in [6.07, 6.45) is 1.77. The summed E-state index contributed by atoms with van der Waals surface area (Å²) in [5, 5.41) is 0. The number of aryl methyl sites for hydroxylation is 1. The molecule has 2 aromatic carbocycles. The lowest BCUT2D eigenvalue weighted by Crippen LogP contribution is -2.53. The number of hydrogen-bond donors (Lipinski definition) is 1. The van der Waals surface area contributed by atoms with E-state index in [1.54, 1.807) is 43.5 Å². The lowest BCUT2D eigenvalue weighted by Gasteiger charge is -2.33. The second kappa shape index (κ2) is 9.62. The molecule has 0 spiro atoms. The number of amides is 1. The van der Waals surface area contributed by atoms with Crippen molar-refractivity contribution >= 4 is 21.5 Å². The van der Waals surface area contributed by atoms with Crippen molar-refractivity contribution in [2.75, 3.05) is 20.3 Å². The molecule has 0 saturated carbocycles. The fraction of sp³-hybridized carbons (Fsp3) is 0.391. The highest BCUT2D eigenvalue weighted by atomic mass is 32.2. The number of hydrogen-bond acceptors (Lipinski definition) is 6. The molecule has 0 unspecified atom stereocenters. The van der Waals surface area contributed by atoms with Crippen LogP contribution >= 0.6 is 0 Å². The topological polar surface area (TPSA) is 113 Å². The molecule has 3 rings (SSSR count). The van der Waals surface area contributed by atoms with Crippen molar-refractivity contribution in [2.24, 2.45) is 5.73 Å². The number of rotatable bonds is 9. The molecule has 7 nitrogen and oxygen atoms in total. The van der Waals surface area contributed by atoms with Gasteiger partial charge in [0.1, 0.15) is 5.75 Å². The van der Waals surface area contributed by atoms with E-state index >= 15 is 0 Å². The number of Topliss-reactive ketones (excluding diaryl/α,β-unsaturated/α-hetero) is 1. The maximum Gasteiger partial charge on any atom is 0.239 e. The molecule has 0 bridgehead atoms. The molecule has 2 aromatic rings. The van der Waals surface area contributed by atoms with Crippen molar-refractivity contribution in [1.29, 1.82) is 0 Å². The Morgan fingerprint density at radius 2 is 1.65 bits per heavy atom. The maximum atomic E-state index is 13.2. The summed E-state index contributed by atoms with van der Waals surface area (Å²) in [7, 11) is -2.36. The number of ether oxygens (including phenoxy) is 2. The molecule has 2 N–H and O–H groups in total. The largest absolute Gasteiger partial charge is 0.497 e. The van der Waals surface area contributed by atoms with Crippen LogP contribution in [0.5, 0.6) is 5.75 Å². The summed E-state index contributed by atoms with van der Waals surface area (Å²) in [6.45, 7) is 0.366. The van der Waals surface area contributed by atoms with Crippen LogP contribution in [0, 0.1) is 0 Å². The predicted octanol–water partition coefficient (Wildman–Crippen LogP) is 2.71. The first-order valence-electron chi connectivity index (χ1n) is 10.2. The highest BCUT2D eigenvalue weighted by Gasteiger charge is 2.50. The Balaban J connectivity index is 1.63. The Morgan fingerprint density at radius 3 is 2.19 bits per heavy atom. The molecule has 1 aliphatic rings. The first-order chi connectivity index (χ1) is 14.8. The molecule has 0 aliphatic carbocycles. The number of carbonyl (C=O) groups excluding carboxylic acids is 2. The van der Waals surface area contributed by atoms with Gasteiger partial charge in [-0.3, -0.25) is 9.59 Å². The third-order valence-electron chi connectivity index (χ3n) is 5.78. The standard InChI is InChI=1S/C23H27NO6S/c1-29-19-9-7-18(8-10-19)21(25)4-2-3-17-5-11-20(12-6-17)31(27,28)23(22(24)26)13-15-30-16-14-23/h5-12H,2-4,13-16H2,1H3,(H2,24,26). The molecule has 0 aromatic heterocycles. The number of ketones is 1. The van der Waals surface area contributed by atoms with Gasteiger partial charge in [-0.2, -0.15) is 0 Å². The second-order valence-electron chi connectivity index (χ2n) is 7.62. The van der Waals surface area contributed by atoms with Gasteiger partial charge in [0.2, 0.25) is 5.91 Å². The van der Waals surface area contributed by atoms with E-state index in [9.17, 15) is 18.0 Å². The molecule has 1 heterocycles. The molecule has 0 atom stereocenters. The predicted molar refractivity (Wildman–Crippen MR) is 116 cm³/mol. The smallest absolute Gasteiger partial charge is 0.239 e. The maximum absolute atomic E-state index is 13.2. The van der Waals surface area contributed by atoms with E-state index in [0.29, 0.717) is 30.6 Å². The van der Waals surface area contributed by atoms with Crippen molar-refractivity contribution in [3.05, 3.63) is 59.7 Å². The average molecular weight is 446 g/mol. The van der Waals surface area contributed by atoms with E-state index < -0.39 is 20.5 Å². The number of sulfone groups is 1. The Hall–Kier alpha value is -2.71. The van der Waals surface area contributed by atoms with Gasteiger partial charge in [0.25, 0.3) is 0 Å². The minimum atomic E-state index is -3.93. The fourth-order valence-corrected chi connectivity index (χ4v) is 5.70. The van der Waals surface area contributed by atoms with Crippen molar-refractivity contribution < 1.29 is 27.5 Å². The van der Waals surface area contributed by atoms with Crippen molar-refractivity contribution in [3.8, 4) is 5.75 Å². The summed E-state index contributed by atoms with van der Waals surface area (Å²) in [5.74, 6) is -0.0906. The van der Waals surface area contributed by atoms with E-state index in [1.807, 2.05) is 0 Å². The van der Waals surface area contributed by atoms with Gasteiger partial charge in [0.15, 0.2) is 20.4 Å². The molecule has 8 heteroatoms. The number of carbonyl (C=O) groups is 2. The molecule has 1 amide bonds. The van der Waals surface area contributed by atoms with Crippen LogP contribution in [0.15, 0.2) is 53.4 Å². The van der Waals surface area contributed by atoms with E-state index in [4.69, 9.17) is 15.2 Å². The van der Waals surface area contributed by atoms with Crippen LogP contribution < -0.4 is 10.5 Å². The van der Waals surface area contributed by atoms with Gasteiger partial charge in [-0.1, -0.05) is 12.1 Å². The number of nitrogens with two attached hydrogens (primary N) is 1. The molecule has 31 heavy (non-hydrogen) atoms. The van der Waals surface area contributed by atoms with E-state index in [2.05, 4.69) is 0 Å². The van der Waals surface area contributed by atoms with Crippen LogP contribution in [0.1, 0.15) is 41.6 Å². The second-order valence-corrected chi connectivity index (χ2v) is 9.88. The minimum absolute atomic E-state index is 0.0461. The van der Waals surface area contributed by atoms with E-state index in [-0.39, 0.29) is 36.7 Å². The van der Waals surface area contributed by atoms with Crippen LogP contribution in [-0.2, 0) is 25.8 Å². The van der Waals surface area contributed by atoms with Crippen molar-refractivity contribution in [1.82, 2.24) is 0 Å². The molecule has 1 fully saturated rings. The molecule has 0 radical (unpaired) electrons. The van der Waals surface area contributed by atoms with Crippen LogP contribution in [0.25, 0.3) is 0 Å². The van der Waals surface area contributed by atoms with E-state index in [0.717, 1.165) is 5.56 Å². The SMILES string of the molecule is COc1ccc(C(=O)CCCc2ccc(S(=O)(=O)C3(C(N)=O)CCOCC3)cc2)cc1. The monoisotopic (exact) mass is 445 g/mol. The third-order valence-corrected chi connectivity index (χ3v) is 8.31. The summed E-state index contributed by atoms with van der Waals surface area (Å²) in [6, 6.07) is 13.5. The van der Waals surface area contributed by atoms with Gasteiger partial charge in [-0.15, -0.1) is 0 Å². The zero-order chi connectivity index (χ0) is 22.5. The first kappa shape index (κ1) is 23.0. The summed E-state index contributed by atoms with van der Waals surface area (Å²) >= 11 is 0. The van der Waals surface area contributed by atoms with Crippen LogP contribution in [-0.4, -0.2) is 45.2 Å². The quantitative estimate of drug-likeness (QED) is 0.594. The van der Waals surface area contributed by atoms with Gasteiger partial charge in [-0.05, 0) is 67.6 Å². The van der Waals surface area contributed by atoms with Gasteiger partial charge in [-0.25, -0.2) is 8.42 Å². The summed E-state index contributed by atoms with van der Waals surface area (Å²) < 4.78 is 35.0. The Morgan fingerprint density at radius 1 is 1.03 bits per heavy atom. The van der Waals surface area contributed by atoms with Crippen LogP contribution in [0.2, 0.25) is 0 Å². The molecule has 166 valence electrons. The van der Waals surface area contributed by atoms with Crippen molar-refractivity contribution in [2.45, 2.75) is 41.7 Å². The number of benzene rings is 2. The Labute approximate surface area is 182 Å². The number of methoxy groups -OCH3 is 1. The Kier molecular flexibility index (Phi) is 7.12. The van der Waals surface area contributed by atoms with Gasteiger partial charge < -0.3 is 15.2 Å². The minimum Gasteiger partial charge on any atom is -0.497 e.